The van der Waals surface area contributed by atoms with Crippen molar-refractivity contribution in [1.29, 1.82) is 0 Å². The van der Waals surface area contributed by atoms with Gasteiger partial charge in [0.15, 0.2) is 0 Å². The van der Waals surface area contributed by atoms with Gasteiger partial charge in [-0.2, -0.15) is 0 Å². The first-order valence-corrected chi connectivity index (χ1v) is 8.80. The summed E-state index contributed by atoms with van der Waals surface area (Å²) < 4.78 is 11.7. The monoisotopic (exact) mass is 338 g/mol. The first kappa shape index (κ1) is 16.1. The number of aromatic nitrogens is 1. The summed E-state index contributed by atoms with van der Waals surface area (Å²) in [5, 5.41) is 0. The Labute approximate surface area is 147 Å². The van der Waals surface area contributed by atoms with E-state index >= 15 is 0 Å². The summed E-state index contributed by atoms with van der Waals surface area (Å²) >= 11 is 0. The zero-order valence-corrected chi connectivity index (χ0v) is 14.1. The molecule has 0 bridgehead atoms. The summed E-state index contributed by atoms with van der Waals surface area (Å²) in [6.45, 7) is 2.88. The maximum absolute atomic E-state index is 12.6. The molecule has 1 amide bonds. The van der Waals surface area contributed by atoms with Gasteiger partial charge in [0.25, 0.3) is 5.91 Å². The van der Waals surface area contributed by atoms with Crippen LogP contribution in [0.3, 0.4) is 0 Å². The number of amides is 1. The highest BCUT2D eigenvalue weighted by Gasteiger charge is 2.45. The molecule has 1 aromatic heterocycles. The minimum Gasteiger partial charge on any atom is -0.492 e. The molecule has 2 aliphatic rings. The molecule has 2 saturated heterocycles. The Hall–Kier alpha value is -2.40. The molecule has 0 radical (unpaired) electrons. The van der Waals surface area contributed by atoms with Crippen LogP contribution in [-0.2, 0) is 4.74 Å². The number of likely N-dealkylation sites (tertiary alicyclic amines) is 1. The van der Waals surface area contributed by atoms with Crippen LogP contribution in [-0.4, -0.2) is 48.2 Å². The van der Waals surface area contributed by atoms with Gasteiger partial charge in [-0.15, -0.1) is 0 Å². The molecular weight excluding hydrogens is 316 g/mol. The van der Waals surface area contributed by atoms with Gasteiger partial charge in [0.1, 0.15) is 5.75 Å². The lowest BCUT2D eigenvalue weighted by atomic mass is 9.91. The molecule has 2 aromatic rings. The largest absolute Gasteiger partial charge is 0.492 e. The molecule has 130 valence electrons. The Kier molecular flexibility index (Phi) is 4.65. The fourth-order valence-corrected chi connectivity index (χ4v) is 3.79. The molecular formula is C20H22N2O3. The number of carbonyl (C=O) groups is 1. The summed E-state index contributed by atoms with van der Waals surface area (Å²) in [7, 11) is 0. The average molecular weight is 338 g/mol. The predicted octanol–water partition coefficient (Wildman–Crippen LogP) is 2.64. The van der Waals surface area contributed by atoms with Gasteiger partial charge in [-0.1, -0.05) is 18.2 Å². The molecule has 5 nitrogen and oxygen atoms in total. The van der Waals surface area contributed by atoms with E-state index in [9.17, 15) is 4.79 Å². The average Bonchev–Trinajstić information content (AvgIpc) is 3.24. The van der Waals surface area contributed by atoms with Crippen LogP contribution in [0.5, 0.6) is 5.75 Å². The third-order valence-electron chi connectivity index (χ3n) is 5.14. The molecule has 0 saturated carbocycles. The van der Waals surface area contributed by atoms with Crippen molar-refractivity contribution in [2.45, 2.75) is 12.5 Å². The van der Waals surface area contributed by atoms with Crippen LogP contribution in [0.2, 0.25) is 0 Å². The number of ether oxygens (including phenoxy) is 2. The van der Waals surface area contributed by atoms with E-state index in [0.29, 0.717) is 25.0 Å². The third-order valence-corrected chi connectivity index (χ3v) is 5.14. The van der Waals surface area contributed by atoms with Crippen molar-refractivity contribution in [3.05, 3.63) is 60.4 Å². The van der Waals surface area contributed by atoms with Crippen molar-refractivity contribution in [3.8, 4) is 5.75 Å². The van der Waals surface area contributed by atoms with Crippen molar-refractivity contribution in [2.75, 3.05) is 26.3 Å². The van der Waals surface area contributed by atoms with E-state index in [-0.39, 0.29) is 12.0 Å². The Morgan fingerprint density at radius 3 is 2.88 bits per heavy atom. The van der Waals surface area contributed by atoms with Crippen LogP contribution in [0.1, 0.15) is 16.8 Å². The van der Waals surface area contributed by atoms with Crippen molar-refractivity contribution in [1.82, 2.24) is 9.88 Å². The van der Waals surface area contributed by atoms with Gasteiger partial charge >= 0.3 is 0 Å². The number of hydrogen-bond acceptors (Lipinski definition) is 4. The van der Waals surface area contributed by atoms with E-state index < -0.39 is 0 Å². The molecule has 3 heterocycles. The van der Waals surface area contributed by atoms with Crippen molar-refractivity contribution in [2.24, 2.45) is 11.8 Å². The molecule has 1 aromatic carbocycles. The van der Waals surface area contributed by atoms with Gasteiger partial charge in [-0.3, -0.25) is 9.78 Å². The van der Waals surface area contributed by atoms with Gasteiger partial charge in [-0.05, 0) is 36.6 Å². The molecule has 0 unspecified atom stereocenters. The second-order valence-electron chi connectivity index (χ2n) is 6.70. The van der Waals surface area contributed by atoms with E-state index in [0.717, 1.165) is 30.9 Å². The van der Waals surface area contributed by atoms with E-state index in [4.69, 9.17) is 9.47 Å². The fraction of sp³-hybridized carbons (Fsp3) is 0.400. The molecule has 4 rings (SSSR count). The van der Waals surface area contributed by atoms with Gasteiger partial charge in [-0.25, -0.2) is 0 Å². The first-order chi connectivity index (χ1) is 12.3. The number of benzene rings is 1. The second-order valence-corrected chi connectivity index (χ2v) is 6.70. The Morgan fingerprint density at radius 2 is 2.08 bits per heavy atom. The third kappa shape index (κ3) is 3.51. The molecule has 0 N–H and O–H groups in total. The topological polar surface area (TPSA) is 51.7 Å². The Bertz CT molecular complexity index is 707. The van der Waals surface area contributed by atoms with E-state index in [1.807, 2.05) is 47.4 Å². The van der Waals surface area contributed by atoms with Crippen LogP contribution in [0.4, 0.5) is 0 Å². The molecule has 2 aliphatic heterocycles. The van der Waals surface area contributed by atoms with Gasteiger partial charge < -0.3 is 14.4 Å². The summed E-state index contributed by atoms with van der Waals surface area (Å²) in [6.07, 6.45) is 4.56. The van der Waals surface area contributed by atoms with Crippen LogP contribution in [0.25, 0.3) is 0 Å². The SMILES string of the molecule is O=C(c1ccccc1)N1C[C@H]2[C@@H](CCOc3cccnc3)CO[C@H]2C1. The zero-order valence-electron chi connectivity index (χ0n) is 14.1. The quantitative estimate of drug-likeness (QED) is 0.841. The molecule has 3 atom stereocenters. The lowest BCUT2D eigenvalue weighted by Crippen LogP contribution is -2.31. The van der Waals surface area contributed by atoms with Gasteiger partial charge in [0, 0.05) is 30.8 Å². The van der Waals surface area contributed by atoms with Crippen LogP contribution in [0.15, 0.2) is 54.9 Å². The predicted molar refractivity (Wildman–Crippen MR) is 93.4 cm³/mol. The summed E-state index contributed by atoms with van der Waals surface area (Å²) in [5.41, 5.74) is 0.749. The first-order valence-electron chi connectivity index (χ1n) is 8.80. The summed E-state index contributed by atoms with van der Waals surface area (Å²) in [4.78, 5) is 18.6. The minimum atomic E-state index is 0.101. The standard InChI is InChI=1S/C20H22N2O3/c23-20(15-5-2-1-3-6-15)22-12-18-16(14-25-19(18)13-22)8-10-24-17-7-4-9-21-11-17/h1-7,9,11,16,18-19H,8,10,12-14H2/t16-,18-,19-/m0/s1. The number of hydrogen-bond donors (Lipinski definition) is 0. The van der Waals surface area contributed by atoms with Crippen LogP contribution >= 0.6 is 0 Å². The zero-order chi connectivity index (χ0) is 17.1. The number of pyridine rings is 1. The number of rotatable bonds is 5. The highest BCUT2D eigenvalue weighted by Crippen LogP contribution is 2.36. The number of fused-ring (bicyclic) bond motifs is 1. The lowest BCUT2D eigenvalue weighted by Gasteiger charge is -2.20. The normalized spacial score (nSPS) is 25.0. The highest BCUT2D eigenvalue weighted by molar-refractivity contribution is 5.94. The molecule has 5 heteroatoms. The van der Waals surface area contributed by atoms with Crippen molar-refractivity contribution >= 4 is 5.91 Å². The Morgan fingerprint density at radius 1 is 1.20 bits per heavy atom. The minimum absolute atomic E-state index is 0.101. The molecule has 0 spiro atoms. The van der Waals surface area contributed by atoms with Crippen LogP contribution in [0, 0.1) is 11.8 Å². The Balaban J connectivity index is 1.31. The van der Waals surface area contributed by atoms with Gasteiger partial charge in [0.05, 0.1) is 25.5 Å². The number of carbonyl (C=O) groups excluding carboxylic acids is 1. The van der Waals surface area contributed by atoms with Gasteiger partial charge in [0.2, 0.25) is 0 Å². The highest BCUT2D eigenvalue weighted by atomic mass is 16.5. The van der Waals surface area contributed by atoms with Crippen molar-refractivity contribution in [3.63, 3.8) is 0 Å². The summed E-state index contributed by atoms with van der Waals surface area (Å²) in [5.74, 6) is 1.75. The van der Waals surface area contributed by atoms with Crippen LogP contribution < -0.4 is 4.74 Å². The molecule has 25 heavy (non-hydrogen) atoms. The van der Waals surface area contributed by atoms with E-state index in [2.05, 4.69) is 4.98 Å². The fourth-order valence-electron chi connectivity index (χ4n) is 3.79. The van der Waals surface area contributed by atoms with E-state index in [1.54, 1.807) is 12.4 Å². The maximum atomic E-state index is 12.6. The lowest BCUT2D eigenvalue weighted by molar-refractivity contribution is 0.0672. The molecule has 2 fully saturated rings. The van der Waals surface area contributed by atoms with E-state index in [1.165, 1.54) is 0 Å². The smallest absolute Gasteiger partial charge is 0.253 e. The summed E-state index contributed by atoms with van der Waals surface area (Å²) in [6, 6.07) is 13.3. The number of nitrogens with zero attached hydrogens (tertiary/aromatic N) is 2. The molecule has 0 aliphatic carbocycles. The maximum Gasteiger partial charge on any atom is 0.253 e. The van der Waals surface area contributed by atoms with Crippen molar-refractivity contribution < 1.29 is 14.3 Å². The second kappa shape index (κ2) is 7.23.